The van der Waals surface area contributed by atoms with Gasteiger partial charge in [-0.25, -0.2) is 0 Å². The van der Waals surface area contributed by atoms with Crippen LogP contribution in [0, 0.1) is 0 Å². The van der Waals surface area contributed by atoms with Gasteiger partial charge in [0, 0.05) is 52.9 Å². The van der Waals surface area contributed by atoms with Gasteiger partial charge < -0.3 is 14.8 Å². The fourth-order valence-electron chi connectivity index (χ4n) is 4.21. The number of carbonyl (C=O) groups is 3. The van der Waals surface area contributed by atoms with E-state index in [-0.39, 0.29) is 31.0 Å². The highest BCUT2D eigenvalue weighted by molar-refractivity contribution is 6.31. The highest BCUT2D eigenvalue weighted by atomic mass is 35.5. The number of hydrogen-bond donors (Lipinski definition) is 1. The fourth-order valence-corrected chi connectivity index (χ4v) is 4.38. The Morgan fingerprint density at radius 3 is 2.27 bits per heavy atom. The molecule has 40 heavy (non-hydrogen) atoms. The predicted molar refractivity (Wildman–Crippen MR) is 157 cm³/mol. The molecule has 0 spiro atoms. The molecule has 3 aromatic rings. The largest absolute Gasteiger partial charge is 0.495 e. The smallest absolute Gasteiger partial charge is 0.252 e. The molecule has 8 nitrogen and oxygen atoms in total. The summed E-state index contributed by atoms with van der Waals surface area (Å²) in [5.74, 6) is -0.329. The molecule has 1 amide bonds. The van der Waals surface area contributed by atoms with Gasteiger partial charge in [-0.05, 0) is 75.7 Å². The molecule has 212 valence electrons. The van der Waals surface area contributed by atoms with Crippen LogP contribution >= 0.6 is 11.6 Å². The Bertz CT molecular complexity index is 1450. The van der Waals surface area contributed by atoms with Gasteiger partial charge in [-0.1, -0.05) is 18.5 Å². The number of anilines is 1. The second kappa shape index (κ2) is 13.1. The van der Waals surface area contributed by atoms with Crippen LogP contribution in [0.25, 0.3) is 11.1 Å². The number of Topliss-reactive ketones (excluding diaryl/α,β-unsaturated/α-hetero) is 2. The van der Waals surface area contributed by atoms with E-state index in [4.69, 9.17) is 21.1 Å². The maximum atomic E-state index is 13.5. The van der Waals surface area contributed by atoms with Gasteiger partial charge >= 0.3 is 0 Å². The summed E-state index contributed by atoms with van der Waals surface area (Å²) in [4.78, 5) is 51.3. The van der Waals surface area contributed by atoms with Gasteiger partial charge in [0.05, 0.1) is 18.9 Å². The van der Waals surface area contributed by atoms with Gasteiger partial charge in [0.1, 0.15) is 11.8 Å². The molecule has 0 aliphatic heterocycles. The minimum Gasteiger partial charge on any atom is -0.495 e. The summed E-state index contributed by atoms with van der Waals surface area (Å²) in [5.41, 5.74) is 1.39. The summed E-state index contributed by atoms with van der Waals surface area (Å²) < 4.78 is 12.8. The number of hydrogen-bond acceptors (Lipinski definition) is 6. The van der Waals surface area contributed by atoms with E-state index in [9.17, 15) is 19.2 Å². The molecule has 0 aliphatic rings. The van der Waals surface area contributed by atoms with Crippen LogP contribution in [0.4, 0.5) is 5.69 Å². The standard InChI is InChI=1S/C31H35ClN2O6/c1-7-27(36)23-13-10-21(32)16-24(23)25-17-29(37)34(18-28(25)39-6)26(14-15-40-31(3,4)5)30(38)33-22-11-8-20(9-12-22)19(2)35/h8-13,16-18,26H,7,14-15H2,1-6H3,(H,33,38)/t26-/m0/s1. The molecular formula is C31H35ClN2O6. The molecule has 1 N–H and O–H groups in total. The van der Waals surface area contributed by atoms with Crippen molar-refractivity contribution in [1.82, 2.24) is 4.57 Å². The molecule has 1 atom stereocenters. The molecule has 0 saturated heterocycles. The van der Waals surface area contributed by atoms with E-state index in [1.807, 2.05) is 20.8 Å². The van der Waals surface area contributed by atoms with Gasteiger partial charge in [-0.3, -0.25) is 23.7 Å². The van der Waals surface area contributed by atoms with Crippen LogP contribution < -0.4 is 15.6 Å². The Labute approximate surface area is 239 Å². The molecule has 0 bridgehead atoms. The fraction of sp³-hybridized carbons (Fsp3) is 0.355. The van der Waals surface area contributed by atoms with Gasteiger partial charge in [0.25, 0.3) is 5.56 Å². The average molecular weight is 567 g/mol. The lowest BCUT2D eigenvalue weighted by molar-refractivity contribution is -0.120. The normalized spacial score (nSPS) is 12.1. The summed E-state index contributed by atoms with van der Waals surface area (Å²) in [6.45, 7) is 9.15. The highest BCUT2D eigenvalue weighted by Gasteiger charge is 2.26. The van der Waals surface area contributed by atoms with E-state index >= 15 is 0 Å². The molecule has 1 aromatic heterocycles. The summed E-state index contributed by atoms with van der Waals surface area (Å²) >= 11 is 6.25. The summed E-state index contributed by atoms with van der Waals surface area (Å²) in [6, 6.07) is 11.8. The molecular weight excluding hydrogens is 532 g/mol. The minimum atomic E-state index is -0.943. The van der Waals surface area contributed by atoms with Crippen molar-refractivity contribution in [3.63, 3.8) is 0 Å². The number of nitrogens with one attached hydrogen (secondary N) is 1. The predicted octanol–water partition coefficient (Wildman–Crippen LogP) is 6.36. The van der Waals surface area contributed by atoms with E-state index in [0.717, 1.165) is 0 Å². The number of ether oxygens (including phenoxy) is 2. The first-order valence-electron chi connectivity index (χ1n) is 13.0. The first-order valence-corrected chi connectivity index (χ1v) is 13.4. The Morgan fingerprint density at radius 1 is 1.02 bits per heavy atom. The topological polar surface area (TPSA) is 104 Å². The van der Waals surface area contributed by atoms with E-state index in [1.54, 1.807) is 49.4 Å². The average Bonchev–Trinajstić information content (AvgIpc) is 2.90. The molecule has 1 heterocycles. The lowest BCUT2D eigenvalue weighted by atomic mass is 9.96. The molecule has 2 aromatic carbocycles. The number of ketones is 2. The van der Waals surface area contributed by atoms with E-state index in [2.05, 4.69) is 5.32 Å². The van der Waals surface area contributed by atoms with Gasteiger partial charge in [-0.15, -0.1) is 0 Å². The zero-order valence-corrected chi connectivity index (χ0v) is 24.4. The summed E-state index contributed by atoms with van der Waals surface area (Å²) in [5, 5.41) is 3.24. The minimum absolute atomic E-state index is 0.0858. The lowest BCUT2D eigenvalue weighted by Gasteiger charge is -2.24. The quantitative estimate of drug-likeness (QED) is 0.271. The number of pyridine rings is 1. The zero-order chi connectivity index (χ0) is 29.6. The van der Waals surface area contributed by atoms with Crippen molar-refractivity contribution in [2.24, 2.45) is 0 Å². The van der Waals surface area contributed by atoms with Crippen molar-refractivity contribution in [2.45, 2.75) is 59.1 Å². The number of halogens is 1. The van der Waals surface area contributed by atoms with Crippen molar-refractivity contribution in [3.05, 3.63) is 81.2 Å². The third kappa shape index (κ3) is 7.67. The van der Waals surface area contributed by atoms with Gasteiger partial charge in [-0.2, -0.15) is 0 Å². The third-order valence-corrected chi connectivity index (χ3v) is 6.52. The Balaban J connectivity index is 2.06. The number of carbonyl (C=O) groups excluding carboxylic acids is 3. The molecule has 3 rings (SSSR count). The maximum absolute atomic E-state index is 13.5. The van der Waals surface area contributed by atoms with Crippen LogP contribution in [0.2, 0.25) is 5.02 Å². The second-order valence-corrected chi connectivity index (χ2v) is 10.8. The van der Waals surface area contributed by atoms with Gasteiger partial charge in [0.2, 0.25) is 5.91 Å². The molecule has 0 saturated carbocycles. The van der Waals surface area contributed by atoms with E-state index < -0.39 is 23.1 Å². The Kier molecular flexibility index (Phi) is 10.1. The number of rotatable bonds is 11. The third-order valence-electron chi connectivity index (χ3n) is 6.28. The van der Waals surface area contributed by atoms with Crippen LogP contribution in [0.1, 0.15) is 74.2 Å². The Hall–Kier alpha value is -3.75. The molecule has 0 aliphatic carbocycles. The van der Waals surface area contributed by atoms with Crippen molar-refractivity contribution in [1.29, 1.82) is 0 Å². The molecule has 9 heteroatoms. The Morgan fingerprint density at radius 2 is 1.70 bits per heavy atom. The van der Waals surface area contributed by atoms with E-state index in [1.165, 1.54) is 30.9 Å². The number of benzene rings is 2. The second-order valence-electron chi connectivity index (χ2n) is 10.4. The van der Waals surface area contributed by atoms with Crippen LogP contribution in [0.3, 0.4) is 0 Å². The van der Waals surface area contributed by atoms with Crippen LogP contribution in [-0.4, -0.2) is 41.4 Å². The highest BCUT2D eigenvalue weighted by Crippen LogP contribution is 2.34. The number of nitrogens with zero attached hydrogens (tertiary/aromatic N) is 1. The lowest BCUT2D eigenvalue weighted by Crippen LogP contribution is -2.34. The molecule has 0 fully saturated rings. The number of amides is 1. The number of aromatic nitrogens is 1. The van der Waals surface area contributed by atoms with Crippen molar-refractivity contribution >= 4 is 34.8 Å². The van der Waals surface area contributed by atoms with Crippen molar-refractivity contribution < 1.29 is 23.9 Å². The van der Waals surface area contributed by atoms with Crippen LogP contribution in [0.15, 0.2) is 59.5 Å². The zero-order valence-electron chi connectivity index (χ0n) is 23.7. The van der Waals surface area contributed by atoms with E-state index in [0.29, 0.717) is 38.7 Å². The SMILES string of the molecule is CCC(=O)c1ccc(Cl)cc1-c1cc(=O)n([C@@H](CCOC(C)(C)C)C(=O)Nc2ccc(C(C)=O)cc2)cc1OC. The summed E-state index contributed by atoms with van der Waals surface area (Å²) in [6.07, 6.45) is 1.95. The summed E-state index contributed by atoms with van der Waals surface area (Å²) in [7, 11) is 1.45. The molecule has 0 unspecified atom stereocenters. The van der Waals surface area contributed by atoms with Crippen LogP contribution in [-0.2, 0) is 9.53 Å². The van der Waals surface area contributed by atoms with Crippen molar-refractivity contribution in [3.8, 4) is 16.9 Å². The molecule has 0 radical (unpaired) electrons. The first kappa shape index (κ1) is 30.8. The van der Waals surface area contributed by atoms with Crippen molar-refractivity contribution in [2.75, 3.05) is 19.0 Å². The maximum Gasteiger partial charge on any atom is 0.252 e. The van der Waals surface area contributed by atoms with Gasteiger partial charge in [0.15, 0.2) is 11.6 Å². The number of methoxy groups -OCH3 is 1. The monoisotopic (exact) mass is 566 g/mol. The first-order chi connectivity index (χ1) is 18.8. The van der Waals surface area contributed by atoms with Crippen LogP contribution in [0.5, 0.6) is 5.75 Å².